The molecule has 34 heavy (non-hydrogen) atoms. The van der Waals surface area contributed by atoms with Gasteiger partial charge in [0.05, 0.1) is 23.3 Å². The van der Waals surface area contributed by atoms with Crippen molar-refractivity contribution in [1.82, 2.24) is 10.4 Å². The van der Waals surface area contributed by atoms with Crippen LogP contribution in [0, 0.1) is 5.92 Å². The summed E-state index contributed by atoms with van der Waals surface area (Å²) in [5.74, 6) is 0.460. The molecule has 2 aliphatic rings. The molecule has 1 fully saturated rings. The summed E-state index contributed by atoms with van der Waals surface area (Å²) in [6.45, 7) is 7.87. The number of carbonyl (C=O) groups is 2. The second-order valence-electron chi connectivity index (χ2n) is 9.47. The van der Waals surface area contributed by atoms with Crippen molar-refractivity contribution in [2.24, 2.45) is 5.92 Å². The minimum absolute atomic E-state index is 0.0965. The van der Waals surface area contributed by atoms with Gasteiger partial charge in [-0.25, -0.2) is 9.08 Å². The summed E-state index contributed by atoms with van der Waals surface area (Å²) >= 11 is 2.83. The fourth-order valence-electron chi connectivity index (χ4n) is 3.91. The van der Waals surface area contributed by atoms with Crippen LogP contribution in [0.3, 0.4) is 0 Å². The summed E-state index contributed by atoms with van der Waals surface area (Å²) in [7, 11) is 0. The third kappa shape index (κ3) is 6.69. The van der Waals surface area contributed by atoms with Crippen LogP contribution in [0.25, 0.3) is 0 Å². The van der Waals surface area contributed by atoms with Crippen LogP contribution in [-0.4, -0.2) is 42.1 Å². The number of rotatable bonds is 6. The Hall–Kier alpha value is -2.20. The lowest BCUT2D eigenvalue weighted by Gasteiger charge is -2.33. The van der Waals surface area contributed by atoms with Crippen molar-refractivity contribution in [3.63, 3.8) is 0 Å². The molecule has 0 aliphatic carbocycles. The molecule has 4 rings (SSSR count). The van der Waals surface area contributed by atoms with Gasteiger partial charge in [0.2, 0.25) is 0 Å². The van der Waals surface area contributed by atoms with Gasteiger partial charge in [-0.05, 0) is 76.3 Å². The molecule has 0 bridgehead atoms. The van der Waals surface area contributed by atoms with Gasteiger partial charge in [-0.2, -0.15) is 5.48 Å². The molecule has 2 N–H and O–H groups in total. The molecule has 2 heterocycles. The highest BCUT2D eigenvalue weighted by Crippen LogP contribution is 2.40. The van der Waals surface area contributed by atoms with Crippen LogP contribution in [0.15, 0.2) is 57.2 Å². The van der Waals surface area contributed by atoms with Crippen molar-refractivity contribution < 1.29 is 18.6 Å². The Morgan fingerprint density at radius 3 is 2.71 bits per heavy atom. The largest absolute Gasteiger partial charge is 0.444 e. The number of likely N-dealkylation sites (tertiary alicyclic amines) is 1. The van der Waals surface area contributed by atoms with E-state index in [1.165, 1.54) is 12.0 Å². The lowest BCUT2D eigenvalue weighted by molar-refractivity contribution is 0.0179. The lowest BCUT2D eigenvalue weighted by Crippen LogP contribution is -2.42. The van der Waals surface area contributed by atoms with Gasteiger partial charge in [0.25, 0.3) is 5.91 Å². The summed E-state index contributed by atoms with van der Waals surface area (Å²) < 4.78 is 11.1. The lowest BCUT2D eigenvalue weighted by atomic mass is 9.94. The molecule has 9 heteroatoms. The van der Waals surface area contributed by atoms with E-state index in [0.29, 0.717) is 11.5 Å². The van der Waals surface area contributed by atoms with Crippen LogP contribution in [0.4, 0.5) is 10.5 Å². The molecule has 2 amide bonds. The van der Waals surface area contributed by atoms with Crippen LogP contribution < -0.4 is 10.8 Å². The van der Waals surface area contributed by atoms with Crippen LogP contribution >= 0.6 is 23.8 Å². The van der Waals surface area contributed by atoms with Crippen molar-refractivity contribution in [3.8, 4) is 0 Å². The van der Waals surface area contributed by atoms with Gasteiger partial charge < -0.3 is 15.0 Å². The van der Waals surface area contributed by atoms with Gasteiger partial charge in [0.15, 0.2) is 0 Å². The fourth-order valence-corrected chi connectivity index (χ4v) is 5.45. The van der Waals surface area contributed by atoms with Crippen molar-refractivity contribution in [2.45, 2.75) is 60.3 Å². The van der Waals surface area contributed by atoms with E-state index in [-0.39, 0.29) is 12.0 Å². The third-order valence-corrected chi connectivity index (χ3v) is 7.47. The summed E-state index contributed by atoms with van der Waals surface area (Å²) in [6.07, 6.45) is 2.71. The maximum Gasteiger partial charge on any atom is 0.410 e. The highest BCUT2D eigenvalue weighted by Gasteiger charge is 2.26. The van der Waals surface area contributed by atoms with E-state index < -0.39 is 5.60 Å². The molecule has 0 atom stereocenters. The summed E-state index contributed by atoms with van der Waals surface area (Å²) in [5.41, 5.74) is 4.04. The molecule has 0 aromatic heterocycles. The Morgan fingerprint density at radius 2 is 1.94 bits per heavy atom. The first-order valence-electron chi connectivity index (χ1n) is 11.5. The van der Waals surface area contributed by atoms with Gasteiger partial charge in [0.1, 0.15) is 5.60 Å². The van der Waals surface area contributed by atoms with Gasteiger partial charge in [-0.3, -0.25) is 4.79 Å². The number of nitrogens with one attached hydrogen (secondary N) is 2. The van der Waals surface area contributed by atoms with E-state index in [2.05, 4.69) is 10.8 Å². The van der Waals surface area contributed by atoms with Crippen molar-refractivity contribution in [1.29, 1.82) is 0 Å². The zero-order valence-electron chi connectivity index (χ0n) is 19.8. The van der Waals surface area contributed by atoms with Crippen LogP contribution in [0.1, 0.15) is 50.4 Å². The zero-order valence-corrected chi connectivity index (χ0v) is 21.4. The second-order valence-corrected chi connectivity index (χ2v) is 11.4. The van der Waals surface area contributed by atoms with E-state index in [1.54, 1.807) is 16.7 Å². The van der Waals surface area contributed by atoms with E-state index in [1.807, 2.05) is 63.2 Å². The van der Waals surface area contributed by atoms with Crippen LogP contribution in [0.5, 0.6) is 0 Å². The monoisotopic (exact) mass is 501 g/mol. The maximum absolute atomic E-state index is 12.5. The summed E-state index contributed by atoms with van der Waals surface area (Å²) in [4.78, 5) is 29.4. The molecule has 2 aliphatic heterocycles. The SMILES string of the molecule is CC(C)(C)OC(=O)N1CCC(CCNOSc2ccc3c(c2)NC(=O)c2ccccc2S3)CC1. The van der Waals surface area contributed by atoms with E-state index >= 15 is 0 Å². The number of fused-ring (bicyclic) bond motifs is 2. The number of carbonyl (C=O) groups excluding carboxylic acids is 2. The molecule has 0 spiro atoms. The first kappa shape index (κ1) is 24.9. The second kappa shape index (κ2) is 11.0. The number of piperidine rings is 1. The Bertz CT molecular complexity index is 1030. The predicted octanol–water partition coefficient (Wildman–Crippen LogP) is 5.97. The van der Waals surface area contributed by atoms with Crippen molar-refractivity contribution >= 4 is 41.5 Å². The molecule has 0 saturated carbocycles. The first-order chi connectivity index (χ1) is 16.3. The minimum Gasteiger partial charge on any atom is -0.444 e. The van der Waals surface area contributed by atoms with Gasteiger partial charge in [-0.15, -0.1) is 0 Å². The average molecular weight is 502 g/mol. The molecular formula is C25H31N3O4S2. The number of benzene rings is 2. The number of nitrogens with zero attached hydrogens (tertiary/aromatic N) is 1. The highest BCUT2D eigenvalue weighted by molar-refractivity contribution is 7.99. The normalized spacial score (nSPS) is 16.3. The number of hydrogen-bond donors (Lipinski definition) is 2. The molecule has 2 aromatic rings. The molecule has 7 nitrogen and oxygen atoms in total. The Balaban J connectivity index is 1.18. The third-order valence-electron chi connectivity index (χ3n) is 5.67. The maximum atomic E-state index is 12.5. The number of ether oxygens (including phenoxy) is 1. The summed E-state index contributed by atoms with van der Waals surface area (Å²) in [5, 5.41) is 3.00. The molecule has 0 unspecified atom stereocenters. The van der Waals surface area contributed by atoms with Gasteiger partial charge in [-0.1, -0.05) is 23.9 Å². The standard InChI is InChI=1S/C25H31N3O4S2/c1-25(2,3)31-24(30)28-14-11-17(12-15-28)10-13-26-32-34-18-8-9-22-20(16-18)27-23(29)19-6-4-5-7-21(19)33-22/h4-9,16-17,26H,10-15H2,1-3H3,(H,27,29). The fraction of sp³-hybridized carbons (Fsp3) is 0.440. The predicted molar refractivity (Wildman–Crippen MR) is 135 cm³/mol. The topological polar surface area (TPSA) is 79.9 Å². The molecule has 2 aromatic carbocycles. The Morgan fingerprint density at radius 1 is 1.18 bits per heavy atom. The molecular weight excluding hydrogens is 470 g/mol. The highest BCUT2D eigenvalue weighted by atomic mass is 32.2. The first-order valence-corrected chi connectivity index (χ1v) is 13.1. The van der Waals surface area contributed by atoms with Crippen LogP contribution in [0.2, 0.25) is 0 Å². The molecule has 1 saturated heterocycles. The van der Waals surface area contributed by atoms with E-state index in [0.717, 1.165) is 59.3 Å². The van der Waals surface area contributed by atoms with E-state index in [9.17, 15) is 9.59 Å². The molecule has 0 radical (unpaired) electrons. The van der Waals surface area contributed by atoms with Crippen molar-refractivity contribution in [2.75, 3.05) is 25.0 Å². The molecule has 182 valence electrons. The van der Waals surface area contributed by atoms with Gasteiger partial charge in [0, 0.05) is 34.3 Å². The summed E-state index contributed by atoms with van der Waals surface area (Å²) in [6, 6.07) is 13.6. The quantitative estimate of drug-likeness (QED) is 0.287. The number of hydrogen-bond acceptors (Lipinski definition) is 7. The van der Waals surface area contributed by atoms with Crippen molar-refractivity contribution in [3.05, 3.63) is 48.0 Å². The average Bonchev–Trinajstić information content (AvgIpc) is 2.93. The van der Waals surface area contributed by atoms with Gasteiger partial charge >= 0.3 is 6.09 Å². The number of amides is 2. The van der Waals surface area contributed by atoms with E-state index in [4.69, 9.17) is 9.02 Å². The van der Waals surface area contributed by atoms with Crippen LogP contribution in [-0.2, 0) is 9.02 Å². The number of hydroxylamine groups is 1. The Labute approximate surface area is 209 Å². The Kier molecular flexibility index (Phi) is 8.08. The number of anilines is 1. The minimum atomic E-state index is -0.459. The smallest absolute Gasteiger partial charge is 0.410 e. The zero-order chi connectivity index (χ0) is 24.1.